The Morgan fingerprint density at radius 3 is 2.82 bits per heavy atom. The predicted molar refractivity (Wildman–Crippen MR) is 70.5 cm³/mol. The molecule has 0 saturated carbocycles. The summed E-state index contributed by atoms with van der Waals surface area (Å²) in [6.45, 7) is 2.12. The molecule has 2 aromatic rings. The summed E-state index contributed by atoms with van der Waals surface area (Å²) in [6, 6.07) is 12.2. The van der Waals surface area contributed by atoms with Gasteiger partial charge in [0.1, 0.15) is 5.75 Å². The molecule has 1 unspecified atom stereocenters. The molecule has 0 aromatic heterocycles. The van der Waals surface area contributed by atoms with Crippen molar-refractivity contribution in [2.75, 3.05) is 18.4 Å². The zero-order chi connectivity index (χ0) is 11.7. The molecule has 1 aliphatic rings. The molecular formula is C14H16N2O. The standard InChI is InChI=1S/C14H16N2O/c17-14-4-2-10-1-3-12(7-11(10)8-14)16-13-5-6-15-9-13/h1-4,7-8,13,15-17H,5-6,9H2. The first kappa shape index (κ1) is 10.4. The molecule has 0 aliphatic carbocycles. The van der Waals surface area contributed by atoms with E-state index in [9.17, 15) is 5.11 Å². The van der Waals surface area contributed by atoms with Gasteiger partial charge in [-0.15, -0.1) is 0 Å². The number of hydrogen-bond donors (Lipinski definition) is 3. The zero-order valence-electron chi connectivity index (χ0n) is 9.61. The first-order chi connectivity index (χ1) is 8.31. The maximum atomic E-state index is 9.47. The monoisotopic (exact) mass is 228 g/mol. The molecule has 3 heteroatoms. The van der Waals surface area contributed by atoms with Crippen LogP contribution in [-0.2, 0) is 0 Å². The van der Waals surface area contributed by atoms with Gasteiger partial charge in [-0.2, -0.15) is 0 Å². The maximum Gasteiger partial charge on any atom is 0.116 e. The van der Waals surface area contributed by atoms with E-state index < -0.39 is 0 Å². The predicted octanol–water partition coefficient (Wildman–Crippen LogP) is 2.32. The van der Waals surface area contributed by atoms with Gasteiger partial charge in [0.05, 0.1) is 0 Å². The Kier molecular flexibility index (Phi) is 2.61. The van der Waals surface area contributed by atoms with E-state index in [-0.39, 0.29) is 0 Å². The minimum absolute atomic E-state index is 0.317. The summed E-state index contributed by atoms with van der Waals surface area (Å²) >= 11 is 0. The van der Waals surface area contributed by atoms with Crippen molar-refractivity contribution in [3.63, 3.8) is 0 Å². The average molecular weight is 228 g/mol. The van der Waals surface area contributed by atoms with Crippen LogP contribution >= 0.6 is 0 Å². The van der Waals surface area contributed by atoms with Gasteiger partial charge in [-0.25, -0.2) is 0 Å². The maximum absolute atomic E-state index is 9.47. The van der Waals surface area contributed by atoms with E-state index in [0.29, 0.717) is 11.8 Å². The average Bonchev–Trinajstić information content (AvgIpc) is 2.81. The quantitative estimate of drug-likeness (QED) is 0.739. The van der Waals surface area contributed by atoms with E-state index in [4.69, 9.17) is 0 Å². The third-order valence-electron chi connectivity index (χ3n) is 3.25. The van der Waals surface area contributed by atoms with Crippen LogP contribution < -0.4 is 10.6 Å². The lowest BCUT2D eigenvalue weighted by Crippen LogP contribution is -2.21. The Morgan fingerprint density at radius 2 is 2.00 bits per heavy atom. The Bertz CT molecular complexity index is 533. The smallest absolute Gasteiger partial charge is 0.116 e. The normalized spacial score (nSPS) is 19.6. The van der Waals surface area contributed by atoms with Gasteiger partial charge in [-0.3, -0.25) is 0 Å². The second-order valence-corrected chi connectivity index (χ2v) is 4.58. The molecule has 88 valence electrons. The number of phenols is 1. The first-order valence-corrected chi connectivity index (χ1v) is 6.01. The van der Waals surface area contributed by atoms with Crippen molar-refractivity contribution in [2.45, 2.75) is 12.5 Å². The lowest BCUT2D eigenvalue weighted by atomic mass is 10.1. The van der Waals surface area contributed by atoms with Crippen molar-refractivity contribution < 1.29 is 5.11 Å². The molecule has 17 heavy (non-hydrogen) atoms. The summed E-state index contributed by atoms with van der Waals surface area (Å²) in [7, 11) is 0. The molecule has 0 spiro atoms. The number of rotatable bonds is 2. The number of phenolic OH excluding ortho intramolecular Hbond substituents is 1. The van der Waals surface area contributed by atoms with Gasteiger partial charge in [-0.1, -0.05) is 12.1 Å². The van der Waals surface area contributed by atoms with Crippen LogP contribution in [0.3, 0.4) is 0 Å². The van der Waals surface area contributed by atoms with E-state index in [0.717, 1.165) is 36.0 Å². The summed E-state index contributed by atoms with van der Waals surface area (Å²) in [5.41, 5.74) is 1.12. The molecule has 1 atom stereocenters. The fourth-order valence-electron chi connectivity index (χ4n) is 2.34. The molecule has 0 radical (unpaired) electrons. The Labute approximate surface area is 100 Å². The molecule has 1 heterocycles. The molecule has 1 saturated heterocycles. The first-order valence-electron chi connectivity index (χ1n) is 6.01. The van der Waals surface area contributed by atoms with Gasteiger partial charge in [0.25, 0.3) is 0 Å². The number of fused-ring (bicyclic) bond motifs is 1. The third kappa shape index (κ3) is 2.19. The second kappa shape index (κ2) is 4.26. The third-order valence-corrected chi connectivity index (χ3v) is 3.25. The van der Waals surface area contributed by atoms with Crippen LogP contribution in [0.2, 0.25) is 0 Å². The highest BCUT2D eigenvalue weighted by molar-refractivity contribution is 5.86. The SMILES string of the molecule is Oc1ccc2ccc(NC3CCNC3)cc2c1. The highest BCUT2D eigenvalue weighted by atomic mass is 16.3. The van der Waals surface area contributed by atoms with Gasteiger partial charge in [0.2, 0.25) is 0 Å². The fraction of sp³-hybridized carbons (Fsp3) is 0.286. The van der Waals surface area contributed by atoms with Gasteiger partial charge in [-0.05, 0) is 48.0 Å². The van der Waals surface area contributed by atoms with Crippen molar-refractivity contribution >= 4 is 16.5 Å². The van der Waals surface area contributed by atoms with Gasteiger partial charge >= 0.3 is 0 Å². The van der Waals surface area contributed by atoms with Gasteiger partial charge in [0.15, 0.2) is 0 Å². The molecule has 0 amide bonds. The van der Waals surface area contributed by atoms with Crippen LogP contribution in [0.15, 0.2) is 36.4 Å². The zero-order valence-corrected chi connectivity index (χ0v) is 9.61. The molecule has 1 aliphatic heterocycles. The van der Waals surface area contributed by atoms with E-state index in [2.05, 4.69) is 28.8 Å². The number of benzene rings is 2. The summed E-state index contributed by atoms with van der Waals surface area (Å²) in [5.74, 6) is 0.317. The van der Waals surface area contributed by atoms with Gasteiger partial charge in [0, 0.05) is 18.3 Å². The molecule has 3 N–H and O–H groups in total. The Morgan fingerprint density at radius 1 is 1.12 bits per heavy atom. The summed E-state index contributed by atoms with van der Waals surface area (Å²) in [6.07, 6.45) is 1.16. The lowest BCUT2D eigenvalue weighted by molar-refractivity contribution is 0.476. The van der Waals surface area contributed by atoms with Crippen molar-refractivity contribution in [1.82, 2.24) is 5.32 Å². The molecular weight excluding hydrogens is 212 g/mol. The largest absolute Gasteiger partial charge is 0.508 e. The van der Waals surface area contributed by atoms with Crippen molar-refractivity contribution in [3.8, 4) is 5.75 Å². The van der Waals surface area contributed by atoms with Gasteiger partial charge < -0.3 is 15.7 Å². The molecule has 0 bridgehead atoms. The van der Waals surface area contributed by atoms with Crippen LogP contribution in [0.1, 0.15) is 6.42 Å². The van der Waals surface area contributed by atoms with Crippen molar-refractivity contribution in [1.29, 1.82) is 0 Å². The van der Waals surface area contributed by atoms with E-state index >= 15 is 0 Å². The van der Waals surface area contributed by atoms with Crippen molar-refractivity contribution in [3.05, 3.63) is 36.4 Å². The van der Waals surface area contributed by atoms with Crippen LogP contribution in [0.5, 0.6) is 5.75 Å². The molecule has 1 fully saturated rings. The summed E-state index contributed by atoms with van der Waals surface area (Å²) in [4.78, 5) is 0. The number of anilines is 1. The minimum atomic E-state index is 0.317. The number of aromatic hydroxyl groups is 1. The molecule has 3 rings (SSSR count). The number of nitrogens with one attached hydrogen (secondary N) is 2. The second-order valence-electron chi connectivity index (χ2n) is 4.58. The number of hydrogen-bond acceptors (Lipinski definition) is 3. The highest BCUT2D eigenvalue weighted by Gasteiger charge is 2.13. The van der Waals surface area contributed by atoms with Crippen LogP contribution in [0.25, 0.3) is 10.8 Å². The van der Waals surface area contributed by atoms with E-state index in [1.165, 1.54) is 0 Å². The highest BCUT2D eigenvalue weighted by Crippen LogP contribution is 2.23. The molecule has 2 aromatic carbocycles. The Balaban J connectivity index is 1.89. The minimum Gasteiger partial charge on any atom is -0.508 e. The van der Waals surface area contributed by atoms with E-state index in [1.54, 1.807) is 12.1 Å². The summed E-state index contributed by atoms with van der Waals surface area (Å²) < 4.78 is 0. The van der Waals surface area contributed by atoms with E-state index in [1.807, 2.05) is 6.07 Å². The van der Waals surface area contributed by atoms with Crippen LogP contribution in [-0.4, -0.2) is 24.2 Å². The lowest BCUT2D eigenvalue weighted by Gasteiger charge is -2.13. The molecule has 3 nitrogen and oxygen atoms in total. The fourth-order valence-corrected chi connectivity index (χ4v) is 2.34. The van der Waals surface area contributed by atoms with Crippen LogP contribution in [0, 0.1) is 0 Å². The van der Waals surface area contributed by atoms with Crippen molar-refractivity contribution in [2.24, 2.45) is 0 Å². The summed E-state index contributed by atoms with van der Waals surface area (Å²) in [5, 5.41) is 18.5. The Hall–Kier alpha value is -1.74. The van der Waals surface area contributed by atoms with Crippen LogP contribution in [0.4, 0.5) is 5.69 Å². The topological polar surface area (TPSA) is 44.3 Å².